The van der Waals surface area contributed by atoms with E-state index in [9.17, 15) is 4.79 Å². The van der Waals surface area contributed by atoms with Gasteiger partial charge in [-0.25, -0.2) is 0 Å². The van der Waals surface area contributed by atoms with Crippen molar-refractivity contribution in [2.75, 3.05) is 19.6 Å². The van der Waals surface area contributed by atoms with Crippen LogP contribution in [0.2, 0.25) is 0 Å². The third-order valence-corrected chi connectivity index (χ3v) is 3.18. The van der Waals surface area contributed by atoms with Crippen LogP contribution in [0.5, 0.6) is 0 Å². The zero-order valence-corrected chi connectivity index (χ0v) is 9.59. The molecule has 1 rings (SSSR count). The van der Waals surface area contributed by atoms with Crippen LogP contribution in [0.15, 0.2) is 0 Å². The summed E-state index contributed by atoms with van der Waals surface area (Å²) in [4.78, 5) is 13.3. The van der Waals surface area contributed by atoms with Gasteiger partial charge in [-0.05, 0) is 38.8 Å². The van der Waals surface area contributed by atoms with Gasteiger partial charge in [-0.2, -0.15) is 0 Å². The molecule has 0 bridgehead atoms. The van der Waals surface area contributed by atoms with Crippen molar-refractivity contribution >= 4 is 5.78 Å². The number of carbonyl (C=O) groups excluding carboxylic acids is 1. The van der Waals surface area contributed by atoms with Crippen molar-refractivity contribution in [3.05, 3.63) is 0 Å². The first-order valence-corrected chi connectivity index (χ1v) is 5.94. The molecule has 1 aliphatic heterocycles. The smallest absolute Gasteiger partial charge is 0.131 e. The van der Waals surface area contributed by atoms with Gasteiger partial charge in [0, 0.05) is 13.0 Å². The van der Waals surface area contributed by atoms with Crippen LogP contribution in [0.4, 0.5) is 0 Å². The van der Waals surface area contributed by atoms with Gasteiger partial charge >= 0.3 is 0 Å². The Morgan fingerprint density at radius 3 is 2.50 bits per heavy atom. The number of Topliss-reactive ketones (excluding diaryl/α,β-unsaturated/α-hetero) is 1. The van der Waals surface area contributed by atoms with Crippen molar-refractivity contribution in [2.24, 2.45) is 5.92 Å². The first kappa shape index (κ1) is 11.7. The molecule has 0 N–H and O–H groups in total. The second kappa shape index (κ2) is 6.18. The molecule has 14 heavy (non-hydrogen) atoms. The predicted octanol–water partition coefficient (Wildman–Crippen LogP) is 2.48. The zero-order chi connectivity index (χ0) is 10.4. The SMILES string of the molecule is CCCC1CCN(CCC(C)=O)CC1. The quantitative estimate of drug-likeness (QED) is 0.675. The topological polar surface area (TPSA) is 20.3 Å². The molecule has 82 valence electrons. The standard InChI is InChI=1S/C12H23NO/c1-3-4-12-6-9-13(10-7-12)8-5-11(2)14/h12H,3-10H2,1-2H3. The van der Waals surface area contributed by atoms with E-state index in [4.69, 9.17) is 0 Å². The highest BCUT2D eigenvalue weighted by Gasteiger charge is 2.17. The lowest BCUT2D eigenvalue weighted by molar-refractivity contribution is -0.117. The van der Waals surface area contributed by atoms with E-state index in [1.165, 1.54) is 38.8 Å². The van der Waals surface area contributed by atoms with Crippen LogP contribution in [0.1, 0.15) is 46.0 Å². The fraction of sp³-hybridized carbons (Fsp3) is 0.917. The zero-order valence-electron chi connectivity index (χ0n) is 9.59. The van der Waals surface area contributed by atoms with Gasteiger partial charge in [-0.15, -0.1) is 0 Å². The summed E-state index contributed by atoms with van der Waals surface area (Å²) < 4.78 is 0. The fourth-order valence-electron chi connectivity index (χ4n) is 2.22. The van der Waals surface area contributed by atoms with E-state index >= 15 is 0 Å². The van der Waals surface area contributed by atoms with Crippen LogP contribution in [0.3, 0.4) is 0 Å². The molecule has 1 heterocycles. The molecule has 0 spiro atoms. The normalized spacial score (nSPS) is 19.9. The van der Waals surface area contributed by atoms with E-state index in [2.05, 4.69) is 11.8 Å². The largest absolute Gasteiger partial charge is 0.303 e. The number of hydrogen-bond donors (Lipinski definition) is 0. The highest BCUT2D eigenvalue weighted by Crippen LogP contribution is 2.21. The van der Waals surface area contributed by atoms with Gasteiger partial charge in [0.15, 0.2) is 0 Å². The Hall–Kier alpha value is -0.370. The fourth-order valence-corrected chi connectivity index (χ4v) is 2.22. The van der Waals surface area contributed by atoms with Gasteiger partial charge in [0.1, 0.15) is 5.78 Å². The summed E-state index contributed by atoms with van der Waals surface area (Å²) in [5, 5.41) is 0. The Balaban J connectivity index is 2.12. The molecular formula is C12H23NO. The van der Waals surface area contributed by atoms with Crippen molar-refractivity contribution in [2.45, 2.75) is 46.0 Å². The molecule has 0 unspecified atom stereocenters. The van der Waals surface area contributed by atoms with Crippen molar-refractivity contribution in [1.29, 1.82) is 0 Å². The molecule has 0 radical (unpaired) electrons. The Bertz CT molecular complexity index is 171. The van der Waals surface area contributed by atoms with Crippen LogP contribution in [0.25, 0.3) is 0 Å². The van der Waals surface area contributed by atoms with Gasteiger partial charge in [-0.3, -0.25) is 4.79 Å². The lowest BCUT2D eigenvalue weighted by Crippen LogP contribution is -2.34. The Morgan fingerprint density at radius 2 is 2.00 bits per heavy atom. The number of nitrogens with zero attached hydrogens (tertiary/aromatic N) is 1. The lowest BCUT2D eigenvalue weighted by Gasteiger charge is -2.31. The minimum absolute atomic E-state index is 0.320. The summed E-state index contributed by atoms with van der Waals surface area (Å²) >= 11 is 0. The van der Waals surface area contributed by atoms with Gasteiger partial charge in [-0.1, -0.05) is 19.8 Å². The molecule has 0 saturated carbocycles. The Kier molecular flexibility index (Phi) is 5.16. The molecule has 0 atom stereocenters. The molecule has 2 nitrogen and oxygen atoms in total. The van der Waals surface area contributed by atoms with Gasteiger partial charge in [0.2, 0.25) is 0 Å². The van der Waals surface area contributed by atoms with Crippen LogP contribution in [-0.4, -0.2) is 30.3 Å². The highest BCUT2D eigenvalue weighted by atomic mass is 16.1. The van der Waals surface area contributed by atoms with E-state index in [0.717, 1.165) is 18.9 Å². The van der Waals surface area contributed by atoms with E-state index in [1.54, 1.807) is 6.92 Å². The van der Waals surface area contributed by atoms with Crippen LogP contribution in [0, 0.1) is 5.92 Å². The van der Waals surface area contributed by atoms with Crippen molar-refractivity contribution in [1.82, 2.24) is 4.90 Å². The van der Waals surface area contributed by atoms with Gasteiger partial charge in [0.05, 0.1) is 0 Å². The van der Waals surface area contributed by atoms with Crippen molar-refractivity contribution in [3.8, 4) is 0 Å². The maximum absolute atomic E-state index is 10.8. The maximum Gasteiger partial charge on any atom is 0.131 e. The third-order valence-electron chi connectivity index (χ3n) is 3.18. The molecule has 1 aliphatic rings. The van der Waals surface area contributed by atoms with Crippen LogP contribution >= 0.6 is 0 Å². The summed E-state index contributed by atoms with van der Waals surface area (Å²) in [5.74, 6) is 1.27. The molecule has 0 aromatic rings. The molecule has 0 amide bonds. The molecule has 0 aromatic carbocycles. The minimum atomic E-state index is 0.320. The molecular weight excluding hydrogens is 174 g/mol. The predicted molar refractivity (Wildman–Crippen MR) is 59.4 cm³/mol. The Morgan fingerprint density at radius 1 is 1.36 bits per heavy atom. The number of carbonyl (C=O) groups is 1. The third kappa shape index (κ3) is 4.23. The number of rotatable bonds is 5. The van der Waals surface area contributed by atoms with Gasteiger partial charge < -0.3 is 4.90 Å². The van der Waals surface area contributed by atoms with E-state index in [1.807, 2.05) is 0 Å². The van der Waals surface area contributed by atoms with E-state index in [-0.39, 0.29) is 0 Å². The summed E-state index contributed by atoms with van der Waals surface area (Å²) in [6.07, 6.45) is 6.12. The number of likely N-dealkylation sites (tertiary alicyclic amines) is 1. The second-order valence-electron chi connectivity index (χ2n) is 4.53. The molecule has 0 aliphatic carbocycles. The van der Waals surface area contributed by atoms with Crippen molar-refractivity contribution in [3.63, 3.8) is 0 Å². The second-order valence-corrected chi connectivity index (χ2v) is 4.53. The molecule has 1 fully saturated rings. The summed E-state index contributed by atoms with van der Waals surface area (Å²) in [5.41, 5.74) is 0. The van der Waals surface area contributed by atoms with E-state index in [0.29, 0.717) is 5.78 Å². The number of hydrogen-bond acceptors (Lipinski definition) is 2. The summed E-state index contributed by atoms with van der Waals surface area (Å²) in [6, 6.07) is 0. The minimum Gasteiger partial charge on any atom is -0.303 e. The summed E-state index contributed by atoms with van der Waals surface area (Å²) in [7, 11) is 0. The van der Waals surface area contributed by atoms with Crippen molar-refractivity contribution < 1.29 is 4.79 Å². The Labute approximate surface area is 87.7 Å². The maximum atomic E-state index is 10.8. The van der Waals surface area contributed by atoms with Gasteiger partial charge in [0.25, 0.3) is 0 Å². The average molecular weight is 197 g/mol. The van der Waals surface area contributed by atoms with E-state index < -0.39 is 0 Å². The molecule has 1 saturated heterocycles. The van der Waals surface area contributed by atoms with Crippen LogP contribution in [-0.2, 0) is 4.79 Å². The monoisotopic (exact) mass is 197 g/mol. The number of ketones is 1. The first-order chi connectivity index (χ1) is 6.72. The molecule has 0 aromatic heterocycles. The average Bonchev–Trinajstić information content (AvgIpc) is 2.17. The highest BCUT2D eigenvalue weighted by molar-refractivity contribution is 5.75. The molecule has 2 heteroatoms. The first-order valence-electron chi connectivity index (χ1n) is 5.94. The summed E-state index contributed by atoms with van der Waals surface area (Å²) in [6.45, 7) is 7.34. The van der Waals surface area contributed by atoms with Crippen LogP contribution < -0.4 is 0 Å². The number of piperidine rings is 1. The lowest BCUT2D eigenvalue weighted by atomic mass is 9.92.